The molecule has 1 saturated carbocycles. The SMILES string of the molecule is CCC(=O)N(CC)CC1=C(c2cccc(Cl)c2)S(=O)(=O)N(C)C12CCCCC2.Cl. The minimum absolute atomic E-state index is 0. The zero-order valence-electron chi connectivity index (χ0n) is 17.3. The largest absolute Gasteiger partial charge is 0.339 e. The number of hydrogen-bond acceptors (Lipinski definition) is 3. The topological polar surface area (TPSA) is 57.7 Å². The van der Waals surface area contributed by atoms with Gasteiger partial charge in [0, 0.05) is 31.6 Å². The second-order valence-corrected chi connectivity index (χ2v) is 9.99. The molecule has 0 atom stereocenters. The van der Waals surface area contributed by atoms with E-state index in [1.807, 2.05) is 13.8 Å². The van der Waals surface area contributed by atoms with Crippen molar-refractivity contribution in [1.82, 2.24) is 9.21 Å². The third-order valence-electron chi connectivity index (χ3n) is 6.21. The van der Waals surface area contributed by atoms with Crippen LogP contribution in [0.3, 0.4) is 0 Å². The molecule has 1 aliphatic heterocycles. The van der Waals surface area contributed by atoms with Crippen LogP contribution in [0.4, 0.5) is 0 Å². The molecule has 0 unspecified atom stereocenters. The molecule has 0 bridgehead atoms. The number of hydrogen-bond donors (Lipinski definition) is 0. The van der Waals surface area contributed by atoms with Gasteiger partial charge in [-0.2, -0.15) is 4.31 Å². The Balaban J connectivity index is 0.00000300. The first kappa shape index (κ1) is 24.2. The van der Waals surface area contributed by atoms with Crippen LogP contribution in [0.25, 0.3) is 4.91 Å². The van der Waals surface area contributed by atoms with Gasteiger partial charge in [-0.15, -0.1) is 12.4 Å². The predicted molar refractivity (Wildman–Crippen MR) is 121 cm³/mol. The molecule has 0 saturated heterocycles. The molecule has 1 spiro atoms. The average Bonchev–Trinajstić information content (AvgIpc) is 2.84. The fourth-order valence-corrected chi connectivity index (χ4v) is 6.85. The van der Waals surface area contributed by atoms with Crippen molar-refractivity contribution in [3.8, 4) is 0 Å². The van der Waals surface area contributed by atoms with E-state index in [4.69, 9.17) is 11.6 Å². The number of sulfonamides is 1. The summed E-state index contributed by atoms with van der Waals surface area (Å²) in [7, 11) is -1.97. The zero-order chi connectivity index (χ0) is 20.5. The van der Waals surface area contributed by atoms with E-state index in [9.17, 15) is 13.2 Å². The second kappa shape index (κ2) is 9.38. The molecule has 1 fully saturated rings. The van der Waals surface area contributed by atoms with E-state index in [0.717, 1.165) is 37.7 Å². The summed E-state index contributed by atoms with van der Waals surface area (Å²) in [5.74, 6) is 0.0401. The predicted octanol–water partition coefficient (Wildman–Crippen LogP) is 4.71. The Morgan fingerprint density at radius 1 is 1.21 bits per heavy atom. The van der Waals surface area contributed by atoms with Crippen molar-refractivity contribution in [2.75, 3.05) is 20.1 Å². The second-order valence-electron chi connectivity index (χ2n) is 7.64. The number of likely N-dealkylation sites (N-methyl/N-ethyl adjacent to an activating group) is 2. The number of benzene rings is 1. The monoisotopic (exact) mass is 460 g/mol. The van der Waals surface area contributed by atoms with E-state index in [1.165, 1.54) is 0 Å². The Morgan fingerprint density at radius 2 is 1.86 bits per heavy atom. The van der Waals surface area contributed by atoms with Crippen LogP contribution in [-0.2, 0) is 14.8 Å². The van der Waals surface area contributed by atoms with Gasteiger partial charge in [-0.25, -0.2) is 8.42 Å². The van der Waals surface area contributed by atoms with Crippen LogP contribution in [-0.4, -0.2) is 49.2 Å². The number of amides is 1. The van der Waals surface area contributed by atoms with Crippen LogP contribution in [0.2, 0.25) is 5.02 Å². The standard InChI is InChI=1S/C21H29ClN2O3S.ClH/c1-4-19(25)24(5-2)15-18-20(16-10-9-11-17(22)14-16)28(26,27)23(3)21(18)12-7-6-8-13-21;/h9-11,14H,4-8,12-13,15H2,1-3H3;1H. The van der Waals surface area contributed by atoms with Crippen LogP contribution in [0.1, 0.15) is 57.9 Å². The molecular weight excluding hydrogens is 431 g/mol. The van der Waals surface area contributed by atoms with Crippen molar-refractivity contribution in [3.05, 3.63) is 40.4 Å². The van der Waals surface area contributed by atoms with Gasteiger partial charge in [-0.1, -0.05) is 49.9 Å². The quantitative estimate of drug-likeness (QED) is 0.638. The lowest BCUT2D eigenvalue weighted by molar-refractivity contribution is -0.130. The fourth-order valence-electron chi connectivity index (χ4n) is 4.64. The van der Waals surface area contributed by atoms with Gasteiger partial charge in [0.1, 0.15) is 0 Å². The number of carbonyl (C=O) groups excluding carboxylic acids is 1. The summed E-state index contributed by atoms with van der Waals surface area (Å²) in [5.41, 5.74) is 0.910. The lowest BCUT2D eigenvalue weighted by atomic mass is 9.75. The molecule has 5 nitrogen and oxygen atoms in total. The summed E-state index contributed by atoms with van der Waals surface area (Å²) in [6.45, 7) is 4.67. The Kier molecular flexibility index (Phi) is 7.82. The molecule has 8 heteroatoms. The molecule has 1 amide bonds. The lowest BCUT2D eigenvalue weighted by Crippen LogP contribution is -2.49. The number of halogens is 2. The number of carbonyl (C=O) groups is 1. The Hall–Kier alpha value is -1.08. The summed E-state index contributed by atoms with van der Waals surface area (Å²) in [6, 6.07) is 7.03. The van der Waals surface area contributed by atoms with Gasteiger partial charge in [-0.3, -0.25) is 4.79 Å². The maximum atomic E-state index is 13.5. The highest BCUT2D eigenvalue weighted by molar-refractivity contribution is 7.98. The lowest BCUT2D eigenvalue weighted by Gasteiger charge is -2.41. The average molecular weight is 461 g/mol. The molecular formula is C21H30Cl2N2O3S. The van der Waals surface area contributed by atoms with Gasteiger partial charge < -0.3 is 4.90 Å². The fraction of sp³-hybridized carbons (Fsp3) is 0.571. The maximum Gasteiger partial charge on any atom is 0.244 e. The van der Waals surface area contributed by atoms with Crippen molar-refractivity contribution >= 4 is 44.8 Å². The van der Waals surface area contributed by atoms with Gasteiger partial charge in [0.05, 0.1) is 10.4 Å². The van der Waals surface area contributed by atoms with Gasteiger partial charge in [0.25, 0.3) is 0 Å². The van der Waals surface area contributed by atoms with Crippen LogP contribution < -0.4 is 0 Å². The first-order chi connectivity index (χ1) is 13.3. The van der Waals surface area contributed by atoms with Gasteiger partial charge in [0.2, 0.25) is 15.9 Å². The van der Waals surface area contributed by atoms with E-state index in [1.54, 1.807) is 40.5 Å². The molecule has 0 N–H and O–H groups in total. The van der Waals surface area contributed by atoms with E-state index >= 15 is 0 Å². The first-order valence-corrected chi connectivity index (χ1v) is 11.9. The Bertz CT molecular complexity index is 893. The third-order valence-corrected chi connectivity index (χ3v) is 8.51. The summed E-state index contributed by atoms with van der Waals surface area (Å²) in [6.07, 6.45) is 5.07. The summed E-state index contributed by atoms with van der Waals surface area (Å²) in [5, 5.41) is 0.503. The Morgan fingerprint density at radius 3 is 2.41 bits per heavy atom. The normalized spacial score (nSPS) is 20.6. The van der Waals surface area contributed by atoms with Crippen molar-refractivity contribution in [2.45, 2.75) is 57.9 Å². The molecule has 3 rings (SSSR count). The highest BCUT2D eigenvalue weighted by atomic mass is 35.5. The third kappa shape index (κ3) is 4.22. The minimum Gasteiger partial charge on any atom is -0.339 e. The molecule has 2 aliphatic rings. The first-order valence-electron chi connectivity index (χ1n) is 10.0. The van der Waals surface area contributed by atoms with E-state index in [-0.39, 0.29) is 18.3 Å². The molecule has 0 aromatic heterocycles. The molecule has 1 heterocycles. The molecule has 0 radical (unpaired) electrons. The van der Waals surface area contributed by atoms with E-state index in [2.05, 4.69) is 0 Å². The highest BCUT2D eigenvalue weighted by Crippen LogP contribution is 2.51. The maximum absolute atomic E-state index is 13.5. The van der Waals surface area contributed by atoms with Crippen molar-refractivity contribution in [1.29, 1.82) is 0 Å². The van der Waals surface area contributed by atoms with Crippen LogP contribution in [0.5, 0.6) is 0 Å². The van der Waals surface area contributed by atoms with Crippen molar-refractivity contribution < 1.29 is 13.2 Å². The Labute approximate surface area is 185 Å². The smallest absolute Gasteiger partial charge is 0.244 e. The van der Waals surface area contributed by atoms with Crippen LogP contribution in [0.15, 0.2) is 29.8 Å². The van der Waals surface area contributed by atoms with Crippen molar-refractivity contribution in [2.24, 2.45) is 0 Å². The number of rotatable bonds is 5. The summed E-state index contributed by atoms with van der Waals surface area (Å²) < 4.78 is 28.6. The summed E-state index contributed by atoms with van der Waals surface area (Å²) in [4.78, 5) is 14.6. The van der Waals surface area contributed by atoms with Crippen LogP contribution in [0, 0.1) is 0 Å². The molecule has 1 aromatic rings. The van der Waals surface area contributed by atoms with E-state index < -0.39 is 15.6 Å². The highest BCUT2D eigenvalue weighted by Gasteiger charge is 2.54. The van der Waals surface area contributed by atoms with E-state index in [0.29, 0.717) is 35.0 Å². The van der Waals surface area contributed by atoms with Gasteiger partial charge in [-0.05, 0) is 43.0 Å². The molecule has 29 heavy (non-hydrogen) atoms. The van der Waals surface area contributed by atoms with Crippen molar-refractivity contribution in [3.63, 3.8) is 0 Å². The van der Waals surface area contributed by atoms with Gasteiger partial charge >= 0.3 is 0 Å². The van der Waals surface area contributed by atoms with Crippen LogP contribution >= 0.6 is 24.0 Å². The number of nitrogens with zero attached hydrogens (tertiary/aromatic N) is 2. The molecule has 1 aromatic carbocycles. The molecule has 1 aliphatic carbocycles. The van der Waals surface area contributed by atoms with Gasteiger partial charge in [0.15, 0.2) is 0 Å². The molecule has 162 valence electrons. The zero-order valence-corrected chi connectivity index (χ0v) is 19.7. The minimum atomic E-state index is -3.66. The summed E-state index contributed by atoms with van der Waals surface area (Å²) >= 11 is 6.19.